The van der Waals surface area contributed by atoms with Crippen molar-refractivity contribution in [3.63, 3.8) is 0 Å². The fourth-order valence-electron chi connectivity index (χ4n) is 3.17. The molecule has 1 fully saturated rings. The molecule has 0 spiro atoms. The van der Waals surface area contributed by atoms with Crippen LogP contribution in [-0.4, -0.2) is 69.0 Å². The molecule has 2 N–H and O–H groups in total. The second kappa shape index (κ2) is 12.2. The van der Waals surface area contributed by atoms with Gasteiger partial charge in [0.25, 0.3) is 5.91 Å². The predicted octanol–water partition coefficient (Wildman–Crippen LogP) is 2.40. The quantitative estimate of drug-likeness (QED) is 0.353. The highest BCUT2D eigenvalue weighted by Crippen LogP contribution is 2.10. The zero-order valence-electron chi connectivity index (χ0n) is 17.0. The fraction of sp³-hybridized carbons (Fsp3) is 0.600. The van der Waals surface area contributed by atoms with Gasteiger partial charge in [0, 0.05) is 46.3 Å². The number of likely N-dealkylation sites (tertiary alicyclic amines) is 1. The van der Waals surface area contributed by atoms with Crippen LogP contribution in [0.25, 0.3) is 0 Å². The van der Waals surface area contributed by atoms with Gasteiger partial charge in [-0.2, -0.15) is 0 Å². The minimum atomic E-state index is 0. The van der Waals surface area contributed by atoms with E-state index in [2.05, 4.69) is 27.4 Å². The molecule has 1 aliphatic rings. The van der Waals surface area contributed by atoms with Gasteiger partial charge in [-0.05, 0) is 49.5 Å². The molecule has 27 heavy (non-hydrogen) atoms. The van der Waals surface area contributed by atoms with Crippen LogP contribution in [0.3, 0.4) is 0 Å². The van der Waals surface area contributed by atoms with Gasteiger partial charge in [0.1, 0.15) is 0 Å². The summed E-state index contributed by atoms with van der Waals surface area (Å²) >= 11 is 0. The Kier molecular flexibility index (Phi) is 10.7. The lowest BCUT2D eigenvalue weighted by Gasteiger charge is -2.21. The summed E-state index contributed by atoms with van der Waals surface area (Å²) in [5.41, 5.74) is 1.82. The van der Waals surface area contributed by atoms with Crippen molar-refractivity contribution in [2.75, 3.05) is 47.3 Å². The molecule has 0 radical (unpaired) electrons. The van der Waals surface area contributed by atoms with E-state index in [1.165, 1.54) is 25.9 Å². The summed E-state index contributed by atoms with van der Waals surface area (Å²) in [6, 6.07) is 7.70. The molecule has 1 heterocycles. The Morgan fingerprint density at radius 2 is 1.81 bits per heavy atom. The minimum absolute atomic E-state index is 0. The molecule has 1 unspecified atom stereocenters. The molecule has 6 nitrogen and oxygen atoms in total. The number of benzene rings is 1. The molecular weight excluding hydrogens is 453 g/mol. The van der Waals surface area contributed by atoms with E-state index in [0.717, 1.165) is 24.6 Å². The van der Waals surface area contributed by atoms with Crippen LogP contribution in [0.15, 0.2) is 29.3 Å². The number of carbonyl (C=O) groups excluding carboxylic acids is 1. The smallest absolute Gasteiger partial charge is 0.253 e. The van der Waals surface area contributed by atoms with Crippen LogP contribution in [0.5, 0.6) is 0 Å². The van der Waals surface area contributed by atoms with Crippen LogP contribution >= 0.6 is 24.0 Å². The Balaban J connectivity index is 0.00000364. The summed E-state index contributed by atoms with van der Waals surface area (Å²) < 4.78 is 0. The van der Waals surface area contributed by atoms with Crippen LogP contribution < -0.4 is 10.6 Å². The third kappa shape index (κ3) is 8.04. The Hall–Kier alpha value is -1.35. The molecule has 1 aromatic carbocycles. The van der Waals surface area contributed by atoms with Crippen molar-refractivity contribution >= 4 is 35.8 Å². The minimum Gasteiger partial charge on any atom is -0.356 e. The van der Waals surface area contributed by atoms with Gasteiger partial charge < -0.3 is 20.4 Å². The highest BCUT2D eigenvalue weighted by atomic mass is 127. The Labute approximate surface area is 180 Å². The van der Waals surface area contributed by atoms with E-state index in [4.69, 9.17) is 0 Å². The first-order valence-electron chi connectivity index (χ1n) is 9.47. The lowest BCUT2D eigenvalue weighted by molar-refractivity contribution is 0.0827. The van der Waals surface area contributed by atoms with E-state index >= 15 is 0 Å². The SMILES string of the molecule is CN=C(NCc1ccc(C(=O)N(C)C)cc1)NCC(C)CN1CCCC1.I. The number of hydrogen-bond donors (Lipinski definition) is 2. The third-order valence-electron chi connectivity index (χ3n) is 4.68. The monoisotopic (exact) mass is 487 g/mol. The fourth-order valence-corrected chi connectivity index (χ4v) is 3.17. The molecule has 1 aliphatic heterocycles. The predicted molar refractivity (Wildman–Crippen MR) is 123 cm³/mol. The molecule has 7 heteroatoms. The number of nitrogens with one attached hydrogen (secondary N) is 2. The van der Waals surface area contributed by atoms with Gasteiger partial charge in [0.05, 0.1) is 0 Å². The highest BCUT2D eigenvalue weighted by Gasteiger charge is 2.14. The molecule has 1 atom stereocenters. The number of aliphatic imine (C=N–C) groups is 1. The Morgan fingerprint density at radius 1 is 1.19 bits per heavy atom. The van der Waals surface area contributed by atoms with Gasteiger partial charge in [-0.3, -0.25) is 9.79 Å². The van der Waals surface area contributed by atoms with Crippen LogP contribution in [0, 0.1) is 5.92 Å². The zero-order valence-corrected chi connectivity index (χ0v) is 19.3. The summed E-state index contributed by atoms with van der Waals surface area (Å²) in [6.45, 7) is 7.49. The summed E-state index contributed by atoms with van der Waals surface area (Å²) in [5, 5.41) is 6.75. The van der Waals surface area contributed by atoms with Crippen molar-refractivity contribution in [1.82, 2.24) is 20.4 Å². The van der Waals surface area contributed by atoms with Crippen molar-refractivity contribution in [3.8, 4) is 0 Å². The molecule has 0 saturated carbocycles. The second-order valence-electron chi connectivity index (χ2n) is 7.32. The van der Waals surface area contributed by atoms with E-state index in [1.807, 2.05) is 24.3 Å². The number of guanidine groups is 1. The number of halogens is 1. The molecule has 2 rings (SSSR count). The largest absolute Gasteiger partial charge is 0.356 e. The molecule has 152 valence electrons. The van der Waals surface area contributed by atoms with E-state index in [0.29, 0.717) is 18.0 Å². The molecule has 0 bridgehead atoms. The molecule has 0 aliphatic carbocycles. The maximum absolute atomic E-state index is 11.9. The number of rotatable bonds is 7. The maximum Gasteiger partial charge on any atom is 0.253 e. The van der Waals surface area contributed by atoms with Gasteiger partial charge in [-0.15, -0.1) is 24.0 Å². The summed E-state index contributed by atoms with van der Waals surface area (Å²) in [4.78, 5) is 20.3. The average molecular weight is 487 g/mol. The van der Waals surface area contributed by atoms with Crippen LogP contribution in [0.1, 0.15) is 35.7 Å². The van der Waals surface area contributed by atoms with Crippen molar-refractivity contribution in [2.24, 2.45) is 10.9 Å². The van der Waals surface area contributed by atoms with E-state index < -0.39 is 0 Å². The van der Waals surface area contributed by atoms with Gasteiger partial charge in [-0.1, -0.05) is 19.1 Å². The number of carbonyl (C=O) groups is 1. The molecule has 1 amide bonds. The molecular formula is C20H34IN5O. The standard InChI is InChI=1S/C20H33N5O.HI/c1-16(15-25-11-5-6-12-25)13-22-20(21-2)23-14-17-7-9-18(10-8-17)19(26)24(3)4;/h7-10,16H,5-6,11-15H2,1-4H3,(H2,21,22,23);1H. The van der Waals surface area contributed by atoms with Gasteiger partial charge >= 0.3 is 0 Å². The van der Waals surface area contributed by atoms with Crippen LogP contribution in [0.2, 0.25) is 0 Å². The zero-order chi connectivity index (χ0) is 18.9. The van der Waals surface area contributed by atoms with Crippen molar-refractivity contribution in [3.05, 3.63) is 35.4 Å². The number of amides is 1. The first-order chi connectivity index (χ1) is 12.5. The maximum atomic E-state index is 11.9. The van der Waals surface area contributed by atoms with Crippen LogP contribution in [0.4, 0.5) is 0 Å². The van der Waals surface area contributed by atoms with E-state index in [9.17, 15) is 4.79 Å². The lowest BCUT2D eigenvalue weighted by Crippen LogP contribution is -2.41. The lowest BCUT2D eigenvalue weighted by atomic mass is 10.1. The summed E-state index contributed by atoms with van der Waals surface area (Å²) in [6.07, 6.45) is 2.67. The van der Waals surface area contributed by atoms with Gasteiger partial charge in [0.15, 0.2) is 5.96 Å². The second-order valence-corrected chi connectivity index (χ2v) is 7.32. The first-order valence-corrected chi connectivity index (χ1v) is 9.47. The third-order valence-corrected chi connectivity index (χ3v) is 4.68. The normalized spacial score (nSPS) is 15.8. The topological polar surface area (TPSA) is 60.0 Å². The summed E-state index contributed by atoms with van der Waals surface area (Å²) in [5.74, 6) is 1.42. The first kappa shape index (κ1) is 23.7. The number of hydrogen-bond acceptors (Lipinski definition) is 3. The van der Waals surface area contributed by atoms with Crippen molar-refractivity contribution < 1.29 is 4.79 Å². The molecule has 1 saturated heterocycles. The van der Waals surface area contributed by atoms with Crippen molar-refractivity contribution in [1.29, 1.82) is 0 Å². The Morgan fingerprint density at radius 3 is 2.37 bits per heavy atom. The van der Waals surface area contributed by atoms with E-state index in [1.54, 1.807) is 26.0 Å². The van der Waals surface area contributed by atoms with Crippen molar-refractivity contribution in [2.45, 2.75) is 26.3 Å². The Bertz CT molecular complexity index is 597. The van der Waals surface area contributed by atoms with E-state index in [-0.39, 0.29) is 29.9 Å². The average Bonchev–Trinajstić information content (AvgIpc) is 3.14. The molecule has 1 aromatic rings. The molecule has 0 aromatic heterocycles. The number of nitrogens with zero attached hydrogens (tertiary/aromatic N) is 3. The van der Waals surface area contributed by atoms with Gasteiger partial charge in [-0.25, -0.2) is 0 Å². The van der Waals surface area contributed by atoms with Crippen LogP contribution in [-0.2, 0) is 6.54 Å². The summed E-state index contributed by atoms with van der Waals surface area (Å²) in [7, 11) is 5.32. The highest BCUT2D eigenvalue weighted by molar-refractivity contribution is 14.0. The van der Waals surface area contributed by atoms with Gasteiger partial charge in [0.2, 0.25) is 0 Å².